The molecule has 23 heavy (non-hydrogen) atoms. The first-order chi connectivity index (χ1) is 11.1. The SMILES string of the molecule is CC.CCN(CC)CCNC(=O)c1ccc2cc(C)ccc2c1. The lowest BCUT2D eigenvalue weighted by atomic mass is 10.0. The van der Waals surface area contributed by atoms with E-state index in [4.69, 9.17) is 0 Å². The first-order valence-corrected chi connectivity index (χ1v) is 8.65. The molecule has 0 radical (unpaired) electrons. The van der Waals surface area contributed by atoms with Crippen molar-refractivity contribution in [3.63, 3.8) is 0 Å². The lowest BCUT2D eigenvalue weighted by Gasteiger charge is -2.18. The van der Waals surface area contributed by atoms with E-state index in [9.17, 15) is 4.79 Å². The normalized spacial score (nSPS) is 10.3. The summed E-state index contributed by atoms with van der Waals surface area (Å²) in [7, 11) is 0. The topological polar surface area (TPSA) is 32.3 Å². The maximum Gasteiger partial charge on any atom is 0.251 e. The molecular weight excluding hydrogens is 284 g/mol. The zero-order valence-corrected chi connectivity index (χ0v) is 15.1. The van der Waals surface area contributed by atoms with Gasteiger partial charge in [-0.05, 0) is 42.9 Å². The maximum absolute atomic E-state index is 12.2. The summed E-state index contributed by atoms with van der Waals surface area (Å²) in [6.45, 7) is 14.0. The fraction of sp³-hybridized carbons (Fsp3) is 0.450. The molecule has 0 atom stereocenters. The molecule has 0 aliphatic carbocycles. The fourth-order valence-electron chi connectivity index (χ4n) is 2.48. The highest BCUT2D eigenvalue weighted by Gasteiger charge is 2.07. The molecule has 0 heterocycles. The average Bonchev–Trinajstić information content (AvgIpc) is 2.59. The van der Waals surface area contributed by atoms with Crippen LogP contribution in [-0.4, -0.2) is 37.0 Å². The van der Waals surface area contributed by atoms with Gasteiger partial charge in [0.1, 0.15) is 0 Å². The molecule has 2 rings (SSSR count). The number of nitrogens with one attached hydrogen (secondary N) is 1. The Hall–Kier alpha value is -1.87. The molecule has 126 valence electrons. The van der Waals surface area contributed by atoms with Crippen LogP contribution in [-0.2, 0) is 0 Å². The molecule has 1 amide bonds. The lowest BCUT2D eigenvalue weighted by Crippen LogP contribution is -2.34. The van der Waals surface area contributed by atoms with Crippen LogP contribution < -0.4 is 5.32 Å². The van der Waals surface area contributed by atoms with E-state index >= 15 is 0 Å². The number of nitrogens with zero attached hydrogens (tertiary/aromatic N) is 1. The zero-order chi connectivity index (χ0) is 17.2. The molecule has 0 unspecified atom stereocenters. The van der Waals surface area contributed by atoms with Crippen molar-refractivity contribution in [3.05, 3.63) is 47.5 Å². The van der Waals surface area contributed by atoms with E-state index in [1.165, 1.54) is 10.9 Å². The number of aryl methyl sites for hydroxylation is 1. The van der Waals surface area contributed by atoms with Crippen LogP contribution in [0.3, 0.4) is 0 Å². The van der Waals surface area contributed by atoms with E-state index in [2.05, 4.69) is 49.2 Å². The number of hydrogen-bond acceptors (Lipinski definition) is 2. The van der Waals surface area contributed by atoms with Crippen molar-refractivity contribution in [1.29, 1.82) is 0 Å². The van der Waals surface area contributed by atoms with Gasteiger partial charge in [0.2, 0.25) is 0 Å². The Kier molecular flexibility index (Phi) is 8.35. The Morgan fingerprint density at radius 2 is 1.61 bits per heavy atom. The van der Waals surface area contributed by atoms with E-state index < -0.39 is 0 Å². The Labute approximate surface area is 140 Å². The number of carbonyl (C=O) groups excluding carboxylic acids is 1. The number of rotatable bonds is 6. The summed E-state index contributed by atoms with van der Waals surface area (Å²) < 4.78 is 0. The summed E-state index contributed by atoms with van der Waals surface area (Å²) in [5, 5.41) is 5.28. The fourth-order valence-corrected chi connectivity index (χ4v) is 2.48. The minimum absolute atomic E-state index is 0.00429. The van der Waals surface area contributed by atoms with Gasteiger partial charge in [0.15, 0.2) is 0 Å². The second-order valence-electron chi connectivity index (χ2n) is 5.35. The standard InChI is InChI=1S/C18H24N2O.C2H6/c1-4-20(5-2)11-10-19-18(21)17-9-8-15-12-14(3)6-7-16(15)13-17;1-2/h6-9,12-13H,4-5,10-11H2,1-3H3,(H,19,21);1-2H3. The average molecular weight is 314 g/mol. The molecule has 0 spiro atoms. The van der Waals surface area contributed by atoms with Gasteiger partial charge < -0.3 is 10.2 Å². The molecule has 1 N–H and O–H groups in total. The van der Waals surface area contributed by atoms with Crippen LogP contribution in [0.5, 0.6) is 0 Å². The number of carbonyl (C=O) groups is 1. The highest BCUT2D eigenvalue weighted by Crippen LogP contribution is 2.17. The Morgan fingerprint density at radius 1 is 1.00 bits per heavy atom. The van der Waals surface area contributed by atoms with E-state index in [1.807, 2.05) is 32.0 Å². The molecule has 0 aromatic heterocycles. The van der Waals surface area contributed by atoms with Crippen LogP contribution >= 0.6 is 0 Å². The van der Waals surface area contributed by atoms with E-state index in [-0.39, 0.29) is 5.91 Å². The number of hydrogen-bond donors (Lipinski definition) is 1. The summed E-state index contributed by atoms with van der Waals surface area (Å²) in [5.74, 6) is 0.00429. The largest absolute Gasteiger partial charge is 0.351 e. The smallest absolute Gasteiger partial charge is 0.251 e. The Balaban J connectivity index is 0.00000127. The quantitative estimate of drug-likeness (QED) is 0.864. The van der Waals surface area contributed by atoms with Crippen LogP contribution in [0.15, 0.2) is 36.4 Å². The second-order valence-corrected chi connectivity index (χ2v) is 5.35. The van der Waals surface area contributed by atoms with Crippen LogP contribution in [0.1, 0.15) is 43.6 Å². The minimum Gasteiger partial charge on any atom is -0.351 e. The van der Waals surface area contributed by atoms with E-state index in [0.717, 1.165) is 30.6 Å². The van der Waals surface area contributed by atoms with Crippen molar-refractivity contribution in [1.82, 2.24) is 10.2 Å². The number of likely N-dealkylation sites (N-methyl/N-ethyl adjacent to an activating group) is 1. The molecule has 0 bridgehead atoms. The number of amides is 1. The van der Waals surface area contributed by atoms with Crippen LogP contribution in [0.2, 0.25) is 0 Å². The van der Waals surface area contributed by atoms with Crippen molar-refractivity contribution in [3.8, 4) is 0 Å². The van der Waals surface area contributed by atoms with Gasteiger partial charge in [0, 0.05) is 18.7 Å². The zero-order valence-electron chi connectivity index (χ0n) is 15.1. The molecule has 0 aliphatic heterocycles. The highest BCUT2D eigenvalue weighted by atomic mass is 16.1. The van der Waals surface area contributed by atoms with Crippen molar-refractivity contribution < 1.29 is 4.79 Å². The van der Waals surface area contributed by atoms with Crippen molar-refractivity contribution >= 4 is 16.7 Å². The maximum atomic E-state index is 12.2. The number of benzene rings is 2. The molecule has 3 nitrogen and oxygen atoms in total. The third kappa shape index (κ3) is 5.68. The van der Waals surface area contributed by atoms with E-state index in [0.29, 0.717) is 6.54 Å². The van der Waals surface area contributed by atoms with Crippen LogP contribution in [0.25, 0.3) is 10.8 Å². The monoisotopic (exact) mass is 314 g/mol. The molecule has 0 saturated heterocycles. The van der Waals surface area contributed by atoms with Crippen molar-refractivity contribution in [2.24, 2.45) is 0 Å². The molecule has 2 aromatic rings. The second kappa shape index (κ2) is 10.0. The first-order valence-electron chi connectivity index (χ1n) is 8.65. The number of fused-ring (bicyclic) bond motifs is 1. The molecule has 0 aliphatic rings. The van der Waals surface area contributed by atoms with E-state index in [1.54, 1.807) is 0 Å². The Morgan fingerprint density at radius 3 is 2.26 bits per heavy atom. The van der Waals surface area contributed by atoms with Gasteiger partial charge >= 0.3 is 0 Å². The third-order valence-electron chi connectivity index (χ3n) is 3.87. The van der Waals surface area contributed by atoms with Crippen molar-refractivity contribution in [2.75, 3.05) is 26.2 Å². The predicted molar refractivity (Wildman–Crippen MR) is 100 cm³/mol. The van der Waals surface area contributed by atoms with Gasteiger partial charge in [0.05, 0.1) is 0 Å². The molecule has 0 fully saturated rings. The Bertz CT molecular complexity index is 618. The van der Waals surface area contributed by atoms with Crippen molar-refractivity contribution in [2.45, 2.75) is 34.6 Å². The molecular formula is C20H30N2O. The van der Waals surface area contributed by atoms with Gasteiger partial charge in [-0.15, -0.1) is 0 Å². The van der Waals surface area contributed by atoms with Gasteiger partial charge in [-0.25, -0.2) is 0 Å². The molecule has 3 heteroatoms. The van der Waals surface area contributed by atoms with Gasteiger partial charge in [-0.1, -0.05) is 57.5 Å². The summed E-state index contributed by atoms with van der Waals surface area (Å²) in [6.07, 6.45) is 0. The molecule has 2 aromatic carbocycles. The first kappa shape index (κ1) is 19.2. The third-order valence-corrected chi connectivity index (χ3v) is 3.87. The van der Waals surface area contributed by atoms with Gasteiger partial charge in [0.25, 0.3) is 5.91 Å². The van der Waals surface area contributed by atoms with Gasteiger partial charge in [-0.2, -0.15) is 0 Å². The predicted octanol–water partition coefficient (Wildman–Crippen LogP) is 4.25. The summed E-state index contributed by atoms with van der Waals surface area (Å²) in [6, 6.07) is 12.1. The summed E-state index contributed by atoms with van der Waals surface area (Å²) >= 11 is 0. The lowest BCUT2D eigenvalue weighted by molar-refractivity contribution is 0.0949. The van der Waals surface area contributed by atoms with Crippen LogP contribution in [0, 0.1) is 6.92 Å². The highest BCUT2D eigenvalue weighted by molar-refractivity contribution is 5.98. The van der Waals surface area contributed by atoms with Gasteiger partial charge in [-0.3, -0.25) is 4.79 Å². The summed E-state index contributed by atoms with van der Waals surface area (Å²) in [4.78, 5) is 14.5. The van der Waals surface area contributed by atoms with Crippen LogP contribution in [0.4, 0.5) is 0 Å². The molecule has 0 saturated carbocycles. The summed E-state index contributed by atoms with van der Waals surface area (Å²) in [5.41, 5.74) is 1.96. The minimum atomic E-state index is 0.00429.